The molecule has 7 heteroatoms. The zero-order chi connectivity index (χ0) is 26.4. The number of carbonyl (C=O) groups excluding carboxylic acids is 1. The van der Waals surface area contributed by atoms with Gasteiger partial charge in [0, 0.05) is 36.5 Å². The highest BCUT2D eigenvalue weighted by Crippen LogP contribution is 2.32. The van der Waals surface area contributed by atoms with Crippen LogP contribution in [0.25, 0.3) is 11.3 Å². The van der Waals surface area contributed by atoms with Gasteiger partial charge in [-0.3, -0.25) is 4.79 Å². The molecule has 0 aliphatic heterocycles. The molecule has 2 N–H and O–H groups in total. The van der Waals surface area contributed by atoms with E-state index in [2.05, 4.69) is 0 Å². The van der Waals surface area contributed by atoms with E-state index in [1.165, 1.54) is 12.1 Å². The normalized spacial score (nSPS) is 12.1. The summed E-state index contributed by atoms with van der Waals surface area (Å²) in [4.78, 5) is 20.6. The summed E-state index contributed by atoms with van der Waals surface area (Å²) < 4.78 is 29.9. The van der Waals surface area contributed by atoms with Crippen LogP contribution >= 0.6 is 0 Å². The lowest BCUT2D eigenvalue weighted by Gasteiger charge is -2.34. The van der Waals surface area contributed by atoms with E-state index in [0.29, 0.717) is 36.5 Å². The largest absolute Gasteiger partial charge is 0.330 e. The van der Waals surface area contributed by atoms with E-state index in [9.17, 15) is 13.6 Å². The van der Waals surface area contributed by atoms with Gasteiger partial charge in [-0.1, -0.05) is 62.4 Å². The maximum Gasteiger partial charge on any atom is 0.254 e. The lowest BCUT2D eigenvalue weighted by atomic mass is 9.99. The van der Waals surface area contributed by atoms with Crippen LogP contribution in [0.1, 0.15) is 48.1 Å². The van der Waals surface area contributed by atoms with Crippen molar-refractivity contribution >= 4 is 5.91 Å². The minimum Gasteiger partial charge on any atom is -0.330 e. The SMILES string of the molecule is CC(C)[C@H](c1nc(-c2ccccc2)cn1Cc1cc(F)cc(F)c1)N(CCCN)C(=O)c1ccccc1. The Morgan fingerprint density at radius 2 is 1.59 bits per heavy atom. The van der Waals surface area contributed by atoms with Crippen LogP contribution in [-0.4, -0.2) is 33.4 Å². The Morgan fingerprint density at radius 3 is 2.19 bits per heavy atom. The Hall–Kier alpha value is -3.84. The van der Waals surface area contributed by atoms with Crippen LogP contribution in [0, 0.1) is 17.6 Å². The molecule has 0 spiro atoms. The molecule has 1 atom stereocenters. The monoisotopic (exact) mass is 502 g/mol. The van der Waals surface area contributed by atoms with E-state index in [-0.39, 0.29) is 18.4 Å². The van der Waals surface area contributed by atoms with Gasteiger partial charge in [0.1, 0.15) is 17.5 Å². The van der Waals surface area contributed by atoms with Crippen LogP contribution in [-0.2, 0) is 6.54 Å². The molecule has 0 aliphatic carbocycles. The number of nitrogens with two attached hydrogens (primary N) is 1. The fourth-order valence-electron chi connectivity index (χ4n) is 4.61. The Kier molecular flexibility index (Phi) is 8.46. The van der Waals surface area contributed by atoms with Crippen molar-refractivity contribution in [2.24, 2.45) is 11.7 Å². The van der Waals surface area contributed by atoms with Crippen molar-refractivity contribution in [1.29, 1.82) is 0 Å². The van der Waals surface area contributed by atoms with Crippen LogP contribution in [0.4, 0.5) is 8.78 Å². The number of hydrogen-bond donors (Lipinski definition) is 1. The summed E-state index contributed by atoms with van der Waals surface area (Å²) in [5, 5.41) is 0. The van der Waals surface area contributed by atoms with Gasteiger partial charge in [-0.25, -0.2) is 13.8 Å². The molecule has 0 bridgehead atoms. The molecule has 1 heterocycles. The van der Waals surface area contributed by atoms with Crippen molar-refractivity contribution in [3.05, 3.63) is 114 Å². The summed E-state index contributed by atoms with van der Waals surface area (Å²) in [5.41, 5.74) is 8.54. The smallest absolute Gasteiger partial charge is 0.254 e. The molecule has 1 amide bonds. The second-order valence-corrected chi connectivity index (χ2v) is 9.45. The van der Waals surface area contributed by atoms with Crippen molar-refractivity contribution in [2.75, 3.05) is 13.1 Å². The third-order valence-electron chi connectivity index (χ3n) is 6.27. The summed E-state index contributed by atoms with van der Waals surface area (Å²) in [6.07, 6.45) is 2.51. The van der Waals surface area contributed by atoms with E-state index in [4.69, 9.17) is 10.7 Å². The molecule has 37 heavy (non-hydrogen) atoms. The molecule has 192 valence electrons. The van der Waals surface area contributed by atoms with E-state index >= 15 is 0 Å². The van der Waals surface area contributed by atoms with Gasteiger partial charge >= 0.3 is 0 Å². The molecular weight excluding hydrogens is 470 g/mol. The third kappa shape index (κ3) is 6.30. The number of imidazole rings is 1. The van der Waals surface area contributed by atoms with Gasteiger partial charge in [-0.05, 0) is 48.7 Å². The maximum absolute atomic E-state index is 14.0. The zero-order valence-electron chi connectivity index (χ0n) is 21.1. The van der Waals surface area contributed by atoms with E-state index < -0.39 is 17.7 Å². The highest BCUT2D eigenvalue weighted by Gasteiger charge is 2.32. The first kappa shape index (κ1) is 26.2. The lowest BCUT2D eigenvalue weighted by Crippen LogP contribution is -2.40. The number of amides is 1. The fraction of sp³-hybridized carbons (Fsp3) is 0.267. The van der Waals surface area contributed by atoms with Gasteiger partial charge in [0.25, 0.3) is 5.91 Å². The molecule has 4 aromatic rings. The van der Waals surface area contributed by atoms with Crippen LogP contribution in [0.5, 0.6) is 0 Å². The second kappa shape index (κ2) is 11.9. The molecular formula is C30H32F2N4O. The second-order valence-electron chi connectivity index (χ2n) is 9.45. The minimum atomic E-state index is -0.635. The predicted molar refractivity (Wildman–Crippen MR) is 142 cm³/mol. The highest BCUT2D eigenvalue weighted by molar-refractivity contribution is 5.94. The number of hydrogen-bond acceptors (Lipinski definition) is 3. The number of rotatable bonds is 10. The van der Waals surface area contributed by atoms with Crippen molar-refractivity contribution in [3.63, 3.8) is 0 Å². The zero-order valence-corrected chi connectivity index (χ0v) is 21.1. The fourth-order valence-corrected chi connectivity index (χ4v) is 4.61. The van der Waals surface area contributed by atoms with Crippen molar-refractivity contribution in [1.82, 2.24) is 14.5 Å². The molecule has 0 radical (unpaired) electrons. The molecule has 1 aromatic heterocycles. The Morgan fingerprint density at radius 1 is 0.973 bits per heavy atom. The van der Waals surface area contributed by atoms with Gasteiger partial charge in [0.15, 0.2) is 0 Å². The first-order valence-electron chi connectivity index (χ1n) is 12.5. The van der Waals surface area contributed by atoms with Crippen molar-refractivity contribution in [2.45, 2.75) is 32.9 Å². The summed E-state index contributed by atoms with van der Waals surface area (Å²) in [7, 11) is 0. The standard InChI is InChI=1S/C30H32F2N4O/c1-21(2)28(36(15-9-14-33)30(37)24-12-7-4-8-13-24)29-34-27(23-10-5-3-6-11-23)20-35(29)19-22-16-25(31)18-26(32)17-22/h3-8,10-13,16-18,20-21,28H,9,14-15,19,33H2,1-2H3/t28-/m1/s1. The number of benzene rings is 3. The molecule has 0 saturated carbocycles. The van der Waals surface area contributed by atoms with Crippen LogP contribution in [0.3, 0.4) is 0 Å². The summed E-state index contributed by atoms with van der Waals surface area (Å²) >= 11 is 0. The van der Waals surface area contributed by atoms with Crippen LogP contribution < -0.4 is 5.73 Å². The molecule has 0 unspecified atom stereocenters. The van der Waals surface area contributed by atoms with E-state index in [0.717, 1.165) is 17.3 Å². The number of nitrogens with zero attached hydrogens (tertiary/aromatic N) is 3. The van der Waals surface area contributed by atoms with Gasteiger partial charge in [0.05, 0.1) is 11.7 Å². The predicted octanol–water partition coefficient (Wildman–Crippen LogP) is 6.06. The summed E-state index contributed by atoms with van der Waals surface area (Å²) in [6.45, 7) is 5.19. The van der Waals surface area contributed by atoms with E-state index in [1.54, 1.807) is 12.1 Å². The lowest BCUT2D eigenvalue weighted by molar-refractivity contribution is 0.0604. The van der Waals surface area contributed by atoms with Crippen molar-refractivity contribution < 1.29 is 13.6 Å². The van der Waals surface area contributed by atoms with Crippen LogP contribution in [0.2, 0.25) is 0 Å². The topological polar surface area (TPSA) is 64.2 Å². The first-order chi connectivity index (χ1) is 17.9. The molecule has 5 nitrogen and oxygen atoms in total. The first-order valence-corrected chi connectivity index (χ1v) is 12.5. The quantitative estimate of drug-likeness (QED) is 0.287. The number of aromatic nitrogens is 2. The summed E-state index contributed by atoms with van der Waals surface area (Å²) in [6, 6.07) is 22.0. The molecule has 4 rings (SSSR count). The molecule has 0 saturated heterocycles. The maximum atomic E-state index is 14.0. The Bertz CT molecular complexity index is 1300. The highest BCUT2D eigenvalue weighted by atomic mass is 19.1. The van der Waals surface area contributed by atoms with Gasteiger partial charge < -0.3 is 15.2 Å². The van der Waals surface area contributed by atoms with Crippen molar-refractivity contribution in [3.8, 4) is 11.3 Å². The molecule has 3 aromatic carbocycles. The average molecular weight is 503 g/mol. The number of halogens is 2. The van der Waals surface area contributed by atoms with E-state index in [1.807, 2.05) is 78.0 Å². The van der Waals surface area contributed by atoms with Gasteiger partial charge in [-0.2, -0.15) is 0 Å². The Balaban J connectivity index is 1.83. The Labute approximate surface area is 216 Å². The average Bonchev–Trinajstić information content (AvgIpc) is 3.29. The minimum absolute atomic E-state index is 0.000504. The molecule has 0 fully saturated rings. The van der Waals surface area contributed by atoms with Gasteiger partial charge in [-0.15, -0.1) is 0 Å². The van der Waals surface area contributed by atoms with Gasteiger partial charge in [0.2, 0.25) is 0 Å². The van der Waals surface area contributed by atoms with Crippen LogP contribution in [0.15, 0.2) is 85.1 Å². The summed E-state index contributed by atoms with van der Waals surface area (Å²) in [5.74, 6) is -0.729. The third-order valence-corrected chi connectivity index (χ3v) is 6.27. The molecule has 0 aliphatic rings. The number of carbonyl (C=O) groups is 1.